The molecule has 30 heavy (non-hydrogen) atoms. The zero-order valence-corrected chi connectivity index (χ0v) is 16.4. The Morgan fingerprint density at radius 2 is 1.77 bits per heavy atom. The normalized spacial score (nSPS) is 11.2. The van der Waals surface area contributed by atoms with Crippen molar-refractivity contribution < 1.29 is 4.52 Å². The van der Waals surface area contributed by atoms with Crippen molar-refractivity contribution in [2.75, 3.05) is 0 Å². The van der Waals surface area contributed by atoms with Gasteiger partial charge >= 0.3 is 0 Å². The highest BCUT2D eigenvalue weighted by atomic mass is 16.5. The van der Waals surface area contributed by atoms with E-state index < -0.39 is 0 Å². The summed E-state index contributed by atoms with van der Waals surface area (Å²) in [5.74, 6) is 0.872. The summed E-state index contributed by atoms with van der Waals surface area (Å²) in [6.07, 6.45) is 4.42. The lowest BCUT2D eigenvalue weighted by molar-refractivity contribution is 0.370. The van der Waals surface area contributed by atoms with Crippen LogP contribution >= 0.6 is 0 Å². The molecule has 148 valence electrons. The predicted molar refractivity (Wildman–Crippen MR) is 113 cm³/mol. The average Bonchev–Trinajstić information content (AvgIpc) is 3.44. The maximum atomic E-state index is 13.0. The molecule has 0 saturated carbocycles. The Labute approximate surface area is 172 Å². The van der Waals surface area contributed by atoms with Gasteiger partial charge in [-0.3, -0.25) is 4.79 Å². The molecule has 3 aromatic heterocycles. The minimum absolute atomic E-state index is 0.166. The first-order valence-corrected chi connectivity index (χ1v) is 9.77. The van der Waals surface area contributed by atoms with Crippen LogP contribution < -0.4 is 5.56 Å². The van der Waals surface area contributed by atoms with Crippen LogP contribution in [0, 0.1) is 0 Å². The predicted octanol–water partition coefficient (Wildman–Crippen LogP) is 3.82. The second-order valence-corrected chi connectivity index (χ2v) is 7.02. The van der Waals surface area contributed by atoms with E-state index in [2.05, 4.69) is 34.3 Å². The van der Waals surface area contributed by atoms with E-state index in [-0.39, 0.29) is 12.1 Å². The lowest BCUT2D eigenvalue weighted by Crippen LogP contribution is -2.21. The van der Waals surface area contributed by atoms with E-state index in [1.54, 1.807) is 21.5 Å². The maximum absolute atomic E-state index is 13.0. The number of hydrogen-bond acceptors (Lipinski definition) is 5. The molecule has 0 aliphatic rings. The highest BCUT2D eigenvalue weighted by Gasteiger charge is 2.13. The summed E-state index contributed by atoms with van der Waals surface area (Å²) in [5, 5.41) is 8.56. The zero-order valence-electron chi connectivity index (χ0n) is 16.4. The summed E-state index contributed by atoms with van der Waals surface area (Å²) >= 11 is 0. The Balaban J connectivity index is 1.45. The molecule has 0 aliphatic heterocycles. The second kappa shape index (κ2) is 7.44. The highest BCUT2D eigenvalue weighted by molar-refractivity contribution is 5.65. The Morgan fingerprint density at radius 3 is 2.53 bits per heavy atom. The summed E-state index contributed by atoms with van der Waals surface area (Å²) in [4.78, 5) is 17.4. The summed E-state index contributed by atoms with van der Waals surface area (Å²) in [6.45, 7) is 2.31. The average molecular weight is 397 g/mol. The van der Waals surface area contributed by atoms with Crippen LogP contribution in [0.15, 0.2) is 82.4 Å². The van der Waals surface area contributed by atoms with Crippen LogP contribution in [0.2, 0.25) is 0 Å². The van der Waals surface area contributed by atoms with Crippen molar-refractivity contribution >= 4 is 5.52 Å². The van der Waals surface area contributed by atoms with E-state index in [0.29, 0.717) is 17.2 Å². The van der Waals surface area contributed by atoms with Crippen LogP contribution in [0.4, 0.5) is 0 Å². The van der Waals surface area contributed by atoms with Gasteiger partial charge in [0.05, 0.1) is 5.69 Å². The lowest BCUT2D eigenvalue weighted by Gasteiger charge is -2.01. The molecule has 7 nitrogen and oxygen atoms in total. The SMILES string of the molecule is CCc1ccc(-c2cc3c(=O)n(Cc4nc(-c5ccccc5)no4)ccn3n2)cc1. The van der Waals surface area contributed by atoms with Crippen LogP contribution in [0.3, 0.4) is 0 Å². The molecular weight excluding hydrogens is 378 g/mol. The van der Waals surface area contributed by atoms with Crippen molar-refractivity contribution in [2.24, 2.45) is 0 Å². The van der Waals surface area contributed by atoms with E-state index in [4.69, 9.17) is 4.52 Å². The van der Waals surface area contributed by atoms with Gasteiger partial charge in [-0.05, 0) is 18.1 Å². The third-order valence-corrected chi connectivity index (χ3v) is 5.07. The first-order valence-electron chi connectivity index (χ1n) is 9.77. The third-order valence-electron chi connectivity index (χ3n) is 5.07. The number of hydrogen-bond donors (Lipinski definition) is 0. The van der Waals surface area contributed by atoms with Gasteiger partial charge in [-0.15, -0.1) is 0 Å². The summed E-state index contributed by atoms with van der Waals surface area (Å²) in [5.41, 5.74) is 4.20. The molecule has 0 amide bonds. The molecule has 3 heterocycles. The van der Waals surface area contributed by atoms with E-state index in [1.165, 1.54) is 5.56 Å². The Kier molecular flexibility index (Phi) is 4.48. The number of aryl methyl sites for hydroxylation is 1. The molecular formula is C23H19N5O2. The van der Waals surface area contributed by atoms with Gasteiger partial charge in [-0.1, -0.05) is 66.7 Å². The van der Waals surface area contributed by atoms with Crippen molar-refractivity contribution in [2.45, 2.75) is 19.9 Å². The van der Waals surface area contributed by atoms with Crippen LogP contribution in [0.5, 0.6) is 0 Å². The van der Waals surface area contributed by atoms with Crippen LogP contribution in [0.1, 0.15) is 18.4 Å². The van der Waals surface area contributed by atoms with Crippen molar-refractivity contribution in [3.63, 3.8) is 0 Å². The standard InChI is InChI=1S/C23H19N5O2/c1-2-16-8-10-17(11-9-16)19-14-20-23(29)27(12-13-28(20)25-19)15-21-24-22(26-30-21)18-6-4-3-5-7-18/h3-14H,2,15H2,1H3. The minimum Gasteiger partial charge on any atom is -0.337 e. The smallest absolute Gasteiger partial charge is 0.277 e. The number of nitrogens with zero attached hydrogens (tertiary/aromatic N) is 5. The largest absolute Gasteiger partial charge is 0.337 e. The van der Waals surface area contributed by atoms with Crippen molar-refractivity contribution in [1.29, 1.82) is 0 Å². The summed E-state index contributed by atoms with van der Waals surface area (Å²) in [6, 6.07) is 19.6. The molecule has 7 heteroatoms. The molecule has 0 atom stereocenters. The van der Waals surface area contributed by atoms with Crippen LogP contribution in [0.25, 0.3) is 28.2 Å². The molecule has 0 radical (unpaired) electrons. The Morgan fingerprint density at radius 1 is 0.967 bits per heavy atom. The fourth-order valence-electron chi connectivity index (χ4n) is 3.37. The van der Waals surface area contributed by atoms with Crippen molar-refractivity contribution in [3.8, 4) is 22.6 Å². The van der Waals surface area contributed by atoms with Gasteiger partial charge in [-0.2, -0.15) is 10.1 Å². The zero-order chi connectivity index (χ0) is 20.5. The van der Waals surface area contributed by atoms with Gasteiger partial charge in [-0.25, -0.2) is 4.52 Å². The van der Waals surface area contributed by atoms with E-state index in [0.717, 1.165) is 23.2 Å². The number of fused-ring (bicyclic) bond motifs is 1. The molecule has 0 spiro atoms. The molecule has 0 unspecified atom stereocenters. The minimum atomic E-state index is -0.166. The molecule has 0 bridgehead atoms. The van der Waals surface area contributed by atoms with Gasteiger partial charge in [0.15, 0.2) is 0 Å². The quantitative estimate of drug-likeness (QED) is 0.450. The highest BCUT2D eigenvalue weighted by Crippen LogP contribution is 2.20. The maximum Gasteiger partial charge on any atom is 0.277 e. The molecule has 0 fully saturated rings. The Bertz CT molecular complexity index is 1360. The molecule has 5 rings (SSSR count). The van der Waals surface area contributed by atoms with Gasteiger partial charge in [0, 0.05) is 23.5 Å². The fourth-order valence-corrected chi connectivity index (χ4v) is 3.37. The number of aromatic nitrogens is 5. The van der Waals surface area contributed by atoms with E-state index in [1.807, 2.05) is 48.5 Å². The van der Waals surface area contributed by atoms with Crippen LogP contribution in [-0.4, -0.2) is 24.3 Å². The van der Waals surface area contributed by atoms with Gasteiger partial charge in [0.25, 0.3) is 5.56 Å². The summed E-state index contributed by atoms with van der Waals surface area (Å²) in [7, 11) is 0. The topological polar surface area (TPSA) is 78.2 Å². The molecule has 0 aliphatic carbocycles. The second-order valence-electron chi connectivity index (χ2n) is 7.02. The monoisotopic (exact) mass is 397 g/mol. The molecule has 0 N–H and O–H groups in total. The van der Waals surface area contributed by atoms with E-state index in [9.17, 15) is 4.79 Å². The first-order chi connectivity index (χ1) is 14.7. The fraction of sp³-hybridized carbons (Fsp3) is 0.130. The van der Waals surface area contributed by atoms with Gasteiger partial charge < -0.3 is 9.09 Å². The lowest BCUT2D eigenvalue weighted by atomic mass is 10.1. The number of benzene rings is 2. The van der Waals surface area contributed by atoms with Gasteiger partial charge in [0.2, 0.25) is 11.7 Å². The molecule has 5 aromatic rings. The number of rotatable bonds is 5. The summed E-state index contributed by atoms with van der Waals surface area (Å²) < 4.78 is 8.49. The Hall–Kier alpha value is -4.00. The van der Waals surface area contributed by atoms with Crippen LogP contribution in [-0.2, 0) is 13.0 Å². The molecule has 2 aromatic carbocycles. The van der Waals surface area contributed by atoms with Gasteiger partial charge in [0.1, 0.15) is 12.1 Å². The molecule has 0 saturated heterocycles. The van der Waals surface area contributed by atoms with Crippen molar-refractivity contribution in [1.82, 2.24) is 24.3 Å². The van der Waals surface area contributed by atoms with E-state index >= 15 is 0 Å². The third kappa shape index (κ3) is 3.30. The first kappa shape index (κ1) is 18.1. The van der Waals surface area contributed by atoms with Crippen molar-refractivity contribution in [3.05, 3.63) is 94.9 Å².